The van der Waals surface area contributed by atoms with Crippen LogP contribution in [0.2, 0.25) is 0 Å². The van der Waals surface area contributed by atoms with Gasteiger partial charge in [-0.25, -0.2) is 14.5 Å². The van der Waals surface area contributed by atoms with E-state index < -0.39 is 35.6 Å². The van der Waals surface area contributed by atoms with Crippen molar-refractivity contribution in [1.29, 1.82) is 0 Å². The fourth-order valence-electron chi connectivity index (χ4n) is 4.94. The molecule has 1 aliphatic heterocycles. The topological polar surface area (TPSA) is 159 Å². The number of hydroxylamine groups is 2. The number of para-hydroxylation sites is 1. The van der Waals surface area contributed by atoms with Crippen molar-refractivity contribution >= 4 is 17.8 Å². The Labute approximate surface area is 246 Å². The molecule has 0 saturated carbocycles. The minimum atomic E-state index is -0.859. The van der Waals surface area contributed by atoms with Gasteiger partial charge in [0.25, 0.3) is 11.5 Å². The molecule has 5 rings (SSSR count). The Hall–Kier alpha value is -4.92. The molecule has 1 aromatic carbocycles. The fourth-order valence-corrected chi connectivity index (χ4v) is 4.94. The number of pyridine rings is 2. The van der Waals surface area contributed by atoms with Crippen LogP contribution in [0.4, 0.5) is 15.0 Å². The molecule has 4 heterocycles. The van der Waals surface area contributed by atoms with Crippen molar-refractivity contribution in [2.24, 2.45) is 12.8 Å². The third-order valence-electron chi connectivity index (χ3n) is 7.05. The molecule has 0 radical (unpaired) electrons. The maximum absolute atomic E-state index is 14.0. The zero-order valence-corrected chi connectivity index (χ0v) is 23.8. The zero-order chi connectivity index (χ0) is 30.7. The molecule has 14 heteroatoms. The minimum absolute atomic E-state index is 0.182. The predicted octanol–water partition coefficient (Wildman–Crippen LogP) is 2.30. The van der Waals surface area contributed by atoms with Crippen molar-refractivity contribution in [2.45, 2.75) is 19.1 Å². The summed E-state index contributed by atoms with van der Waals surface area (Å²) in [5.41, 5.74) is 7.38. The van der Waals surface area contributed by atoms with Gasteiger partial charge in [-0.3, -0.25) is 19.7 Å². The van der Waals surface area contributed by atoms with Crippen LogP contribution in [0.3, 0.4) is 0 Å². The highest BCUT2D eigenvalue weighted by Crippen LogP contribution is 2.32. The minimum Gasteiger partial charge on any atom is -0.383 e. The van der Waals surface area contributed by atoms with Crippen LogP contribution in [-0.2, 0) is 16.6 Å². The number of urea groups is 1. The number of benzene rings is 1. The number of carbonyl (C=O) groups excluding carboxylic acids is 2. The van der Waals surface area contributed by atoms with Crippen LogP contribution >= 0.6 is 0 Å². The molecular weight excluding hydrogens is 559 g/mol. The first kappa shape index (κ1) is 29.6. The molecule has 0 spiro atoms. The Morgan fingerprint density at radius 3 is 2.67 bits per heavy atom. The van der Waals surface area contributed by atoms with E-state index in [0.717, 1.165) is 0 Å². The van der Waals surface area contributed by atoms with Gasteiger partial charge in [0.15, 0.2) is 0 Å². The molecule has 2 atom stereocenters. The van der Waals surface area contributed by atoms with Gasteiger partial charge in [-0.1, -0.05) is 18.2 Å². The molecule has 4 aromatic rings. The predicted molar refractivity (Wildman–Crippen MR) is 155 cm³/mol. The highest BCUT2D eigenvalue weighted by molar-refractivity contribution is 5.94. The van der Waals surface area contributed by atoms with Gasteiger partial charge < -0.3 is 20.4 Å². The molecule has 4 N–H and O–H groups in total. The molecule has 1 aliphatic rings. The van der Waals surface area contributed by atoms with Crippen molar-refractivity contribution in [2.75, 3.05) is 32.1 Å². The standard InChI is InChI=1S/C29H31FN8O5/c1-17-24(19-13-21(26(31)39)28(40)36(2)15-19)35-38(20-7-5-4-6-8-20)27(17)34-29(41)33-22-16-37(11-12-42-3)43-25(22)18-9-10-32-23(30)14-18/h4-10,13-15,22,25H,11-12,16H2,1-3H3,(H2,31,39)(H2,33,34,41)/t22-,25+/m1/s1. The summed E-state index contributed by atoms with van der Waals surface area (Å²) in [4.78, 5) is 47.5. The number of primary amides is 1. The molecule has 43 heavy (non-hydrogen) atoms. The van der Waals surface area contributed by atoms with Crippen molar-refractivity contribution in [3.63, 3.8) is 0 Å². The van der Waals surface area contributed by atoms with Gasteiger partial charge in [0, 0.05) is 50.8 Å². The molecule has 224 valence electrons. The Morgan fingerprint density at radius 1 is 1.21 bits per heavy atom. The van der Waals surface area contributed by atoms with E-state index in [4.69, 9.17) is 20.4 Å². The highest BCUT2D eigenvalue weighted by Gasteiger charge is 2.37. The number of nitrogens with one attached hydrogen (secondary N) is 2. The summed E-state index contributed by atoms with van der Waals surface area (Å²) in [5.74, 6) is -1.16. The third-order valence-corrected chi connectivity index (χ3v) is 7.05. The number of aromatic nitrogens is 4. The lowest BCUT2D eigenvalue weighted by atomic mass is 10.0. The summed E-state index contributed by atoms with van der Waals surface area (Å²) in [6.07, 6.45) is 2.22. The van der Waals surface area contributed by atoms with Crippen LogP contribution in [0.1, 0.15) is 27.6 Å². The largest absolute Gasteiger partial charge is 0.383 e. The molecule has 3 aromatic heterocycles. The number of nitrogens with zero attached hydrogens (tertiary/aromatic N) is 5. The third kappa shape index (κ3) is 6.30. The van der Waals surface area contributed by atoms with Crippen LogP contribution < -0.4 is 21.9 Å². The molecule has 0 bridgehead atoms. The number of halogens is 1. The van der Waals surface area contributed by atoms with Crippen molar-refractivity contribution < 1.29 is 23.6 Å². The van der Waals surface area contributed by atoms with Gasteiger partial charge in [0.05, 0.1) is 24.0 Å². The Morgan fingerprint density at radius 2 is 1.98 bits per heavy atom. The summed E-state index contributed by atoms with van der Waals surface area (Å²) >= 11 is 0. The van der Waals surface area contributed by atoms with E-state index in [1.807, 2.05) is 30.3 Å². The quantitative estimate of drug-likeness (QED) is 0.251. The van der Waals surface area contributed by atoms with E-state index in [1.165, 1.54) is 29.9 Å². The first-order valence-corrected chi connectivity index (χ1v) is 13.4. The second-order valence-electron chi connectivity index (χ2n) is 10.0. The van der Waals surface area contributed by atoms with Crippen molar-refractivity contribution in [1.82, 2.24) is 29.7 Å². The Kier molecular flexibility index (Phi) is 8.61. The van der Waals surface area contributed by atoms with Gasteiger partial charge in [-0.15, -0.1) is 0 Å². The summed E-state index contributed by atoms with van der Waals surface area (Å²) in [6.45, 7) is 2.93. The number of aryl methyl sites for hydroxylation is 1. The van der Waals surface area contributed by atoms with E-state index >= 15 is 0 Å². The van der Waals surface area contributed by atoms with Gasteiger partial charge >= 0.3 is 6.03 Å². The zero-order valence-electron chi connectivity index (χ0n) is 23.8. The lowest BCUT2D eigenvalue weighted by Gasteiger charge is -2.19. The van der Waals surface area contributed by atoms with Gasteiger partial charge in [-0.2, -0.15) is 14.6 Å². The first-order valence-electron chi connectivity index (χ1n) is 13.4. The summed E-state index contributed by atoms with van der Waals surface area (Å²) in [5, 5.41) is 12.2. The normalized spacial score (nSPS) is 16.7. The number of amides is 3. The lowest BCUT2D eigenvalue weighted by molar-refractivity contribution is -0.154. The molecule has 0 aliphatic carbocycles. The Bertz CT molecular complexity index is 1710. The van der Waals surface area contributed by atoms with Crippen LogP contribution in [0, 0.1) is 12.9 Å². The monoisotopic (exact) mass is 590 g/mol. The summed E-state index contributed by atoms with van der Waals surface area (Å²) in [6, 6.07) is 12.3. The number of methoxy groups -OCH3 is 1. The van der Waals surface area contributed by atoms with Gasteiger partial charge in [0.2, 0.25) is 5.95 Å². The van der Waals surface area contributed by atoms with E-state index in [9.17, 15) is 18.8 Å². The molecule has 3 amide bonds. The lowest BCUT2D eigenvalue weighted by Crippen LogP contribution is -2.42. The van der Waals surface area contributed by atoms with Gasteiger partial charge in [-0.05, 0) is 42.8 Å². The van der Waals surface area contributed by atoms with E-state index in [-0.39, 0.29) is 5.56 Å². The average Bonchev–Trinajstić information content (AvgIpc) is 3.54. The van der Waals surface area contributed by atoms with Gasteiger partial charge in [0.1, 0.15) is 17.5 Å². The van der Waals surface area contributed by atoms with Crippen LogP contribution in [0.5, 0.6) is 0 Å². The number of rotatable bonds is 9. The second-order valence-corrected chi connectivity index (χ2v) is 10.0. The number of carbonyl (C=O) groups is 2. The highest BCUT2D eigenvalue weighted by atomic mass is 19.1. The van der Waals surface area contributed by atoms with Crippen molar-refractivity contribution in [3.8, 4) is 16.9 Å². The number of hydrogen-bond donors (Lipinski definition) is 3. The SMILES string of the molecule is COCCN1C[C@@H](NC(=O)Nc2c(C)c(-c3cc(C(N)=O)c(=O)n(C)c3)nn2-c2ccccc2)[C@H](c2ccnc(F)c2)O1. The number of nitrogens with two attached hydrogens (primary N) is 1. The number of anilines is 1. The van der Waals surface area contributed by atoms with Crippen molar-refractivity contribution in [3.05, 3.63) is 93.9 Å². The van der Waals surface area contributed by atoms with E-state index in [1.54, 1.807) is 36.0 Å². The fraction of sp³-hybridized carbons (Fsp3) is 0.276. The van der Waals surface area contributed by atoms with E-state index in [2.05, 4.69) is 15.6 Å². The molecule has 0 unspecified atom stereocenters. The Balaban J connectivity index is 1.48. The number of hydrogen-bond acceptors (Lipinski definition) is 8. The summed E-state index contributed by atoms with van der Waals surface area (Å²) < 4.78 is 21.9. The second kappa shape index (κ2) is 12.5. The molecule has 1 fully saturated rings. The summed E-state index contributed by atoms with van der Waals surface area (Å²) in [7, 11) is 3.09. The maximum Gasteiger partial charge on any atom is 0.320 e. The van der Waals surface area contributed by atoms with E-state index in [0.29, 0.717) is 53.6 Å². The van der Waals surface area contributed by atoms with Crippen LogP contribution in [0.15, 0.2) is 65.7 Å². The molecule has 1 saturated heterocycles. The molecular formula is C29H31FN8O5. The number of ether oxygens (including phenoxy) is 1. The van der Waals surface area contributed by atoms with Crippen LogP contribution in [-0.4, -0.2) is 69.2 Å². The first-order chi connectivity index (χ1) is 20.7. The molecule has 13 nitrogen and oxygen atoms in total. The average molecular weight is 591 g/mol. The maximum atomic E-state index is 14.0. The van der Waals surface area contributed by atoms with Crippen LogP contribution in [0.25, 0.3) is 16.9 Å². The smallest absolute Gasteiger partial charge is 0.320 e.